The summed E-state index contributed by atoms with van der Waals surface area (Å²) in [6.45, 7) is 3.26. The third-order valence-corrected chi connectivity index (χ3v) is 5.84. The monoisotopic (exact) mass is 326 g/mol. The second-order valence-electron chi connectivity index (χ2n) is 7.52. The van der Waals surface area contributed by atoms with Crippen LogP contribution in [0.2, 0.25) is 0 Å². The number of likely N-dealkylation sites (tertiary alicyclic amines) is 2. The lowest BCUT2D eigenvalue weighted by Gasteiger charge is -2.34. The Kier molecular flexibility index (Phi) is 4.30. The van der Waals surface area contributed by atoms with Crippen molar-refractivity contribution in [1.29, 1.82) is 0 Å². The molecule has 24 heavy (non-hydrogen) atoms. The Morgan fingerprint density at radius 1 is 0.875 bits per heavy atom. The molecule has 4 nitrogen and oxygen atoms in total. The van der Waals surface area contributed by atoms with Crippen molar-refractivity contribution < 1.29 is 9.59 Å². The second kappa shape index (κ2) is 6.58. The molecule has 0 N–H and O–H groups in total. The predicted octanol–water partition coefficient (Wildman–Crippen LogP) is 2.65. The number of amides is 2. The van der Waals surface area contributed by atoms with Crippen LogP contribution < -0.4 is 0 Å². The minimum absolute atomic E-state index is 0.0229. The lowest BCUT2D eigenvalue weighted by molar-refractivity contribution is -0.140. The van der Waals surface area contributed by atoms with Gasteiger partial charge < -0.3 is 9.80 Å². The minimum atomic E-state index is 0.0229. The molecule has 1 aliphatic carbocycles. The Morgan fingerprint density at radius 3 is 2.33 bits per heavy atom. The van der Waals surface area contributed by atoms with Gasteiger partial charge in [-0.1, -0.05) is 30.3 Å². The molecule has 0 aromatic heterocycles. The molecule has 3 atom stereocenters. The van der Waals surface area contributed by atoms with Crippen molar-refractivity contribution in [3.05, 3.63) is 35.9 Å². The van der Waals surface area contributed by atoms with E-state index in [9.17, 15) is 9.59 Å². The van der Waals surface area contributed by atoms with Gasteiger partial charge in [-0.2, -0.15) is 0 Å². The van der Waals surface area contributed by atoms with Gasteiger partial charge in [-0.15, -0.1) is 0 Å². The van der Waals surface area contributed by atoms with Crippen LogP contribution in [0.25, 0.3) is 0 Å². The first-order valence-electron chi connectivity index (χ1n) is 9.36. The van der Waals surface area contributed by atoms with Crippen molar-refractivity contribution in [3.63, 3.8) is 0 Å². The molecule has 2 saturated heterocycles. The van der Waals surface area contributed by atoms with Crippen LogP contribution in [0.5, 0.6) is 0 Å². The first kappa shape index (κ1) is 15.7. The van der Waals surface area contributed by atoms with E-state index in [-0.39, 0.29) is 23.7 Å². The molecule has 2 heterocycles. The number of benzene rings is 1. The summed E-state index contributed by atoms with van der Waals surface area (Å²) in [5.74, 6) is 1.08. The number of rotatable bonds is 3. The highest BCUT2D eigenvalue weighted by molar-refractivity contribution is 5.85. The van der Waals surface area contributed by atoms with Gasteiger partial charge in [0.15, 0.2) is 0 Å². The number of nitrogens with zero attached hydrogens (tertiary/aromatic N) is 2. The average Bonchev–Trinajstić information content (AvgIpc) is 3.26. The molecule has 1 saturated carbocycles. The van der Waals surface area contributed by atoms with Crippen LogP contribution in [0.15, 0.2) is 30.3 Å². The first-order chi connectivity index (χ1) is 11.7. The third kappa shape index (κ3) is 3.06. The zero-order valence-electron chi connectivity index (χ0n) is 14.2. The lowest BCUT2D eigenvalue weighted by atomic mass is 9.96. The molecule has 0 bridgehead atoms. The van der Waals surface area contributed by atoms with E-state index >= 15 is 0 Å². The molecule has 0 spiro atoms. The largest absolute Gasteiger partial charge is 0.342 e. The van der Waals surface area contributed by atoms with Gasteiger partial charge in [0.25, 0.3) is 0 Å². The van der Waals surface area contributed by atoms with Gasteiger partial charge in [-0.3, -0.25) is 9.59 Å². The van der Waals surface area contributed by atoms with E-state index in [0.29, 0.717) is 12.5 Å². The van der Waals surface area contributed by atoms with Crippen LogP contribution in [0.4, 0.5) is 0 Å². The van der Waals surface area contributed by atoms with E-state index in [1.807, 2.05) is 28.0 Å². The lowest BCUT2D eigenvalue weighted by Crippen LogP contribution is -2.46. The fourth-order valence-electron chi connectivity index (χ4n) is 4.35. The molecule has 2 amide bonds. The van der Waals surface area contributed by atoms with Crippen molar-refractivity contribution in [2.24, 2.45) is 11.8 Å². The van der Waals surface area contributed by atoms with E-state index in [2.05, 4.69) is 12.1 Å². The minimum Gasteiger partial charge on any atom is -0.342 e. The van der Waals surface area contributed by atoms with E-state index < -0.39 is 0 Å². The molecule has 128 valence electrons. The highest BCUT2D eigenvalue weighted by atomic mass is 16.2. The van der Waals surface area contributed by atoms with Gasteiger partial charge >= 0.3 is 0 Å². The Hall–Kier alpha value is -1.84. The average molecular weight is 326 g/mol. The number of carbonyl (C=O) groups is 2. The van der Waals surface area contributed by atoms with Gasteiger partial charge in [-0.05, 0) is 43.6 Å². The third-order valence-electron chi connectivity index (χ3n) is 5.84. The molecule has 0 radical (unpaired) electrons. The normalized spacial score (nSPS) is 29.6. The standard InChI is InChI=1S/C20H26N2O2/c23-19(21-10-4-5-11-21)16-9-6-12-22(14-16)20(24)18-13-17(18)15-7-2-1-3-8-15/h1-3,7-8,16-18H,4-6,9-14H2/t16-,17-,18+/m1/s1. The molecule has 3 aliphatic rings. The predicted molar refractivity (Wildman–Crippen MR) is 92.4 cm³/mol. The Morgan fingerprint density at radius 2 is 1.58 bits per heavy atom. The first-order valence-corrected chi connectivity index (χ1v) is 9.36. The van der Waals surface area contributed by atoms with Gasteiger partial charge in [0, 0.05) is 32.1 Å². The van der Waals surface area contributed by atoms with Crippen LogP contribution in [0, 0.1) is 11.8 Å². The van der Waals surface area contributed by atoms with E-state index in [1.54, 1.807) is 0 Å². The molecular formula is C20H26N2O2. The van der Waals surface area contributed by atoms with Gasteiger partial charge in [0.1, 0.15) is 0 Å². The summed E-state index contributed by atoms with van der Waals surface area (Å²) in [7, 11) is 0. The van der Waals surface area contributed by atoms with E-state index in [0.717, 1.165) is 51.7 Å². The molecule has 1 aromatic rings. The van der Waals surface area contributed by atoms with Crippen molar-refractivity contribution in [2.45, 2.75) is 38.0 Å². The van der Waals surface area contributed by atoms with Crippen molar-refractivity contribution >= 4 is 11.8 Å². The maximum atomic E-state index is 12.8. The fourth-order valence-corrected chi connectivity index (χ4v) is 4.35. The van der Waals surface area contributed by atoms with Crippen molar-refractivity contribution in [3.8, 4) is 0 Å². The highest BCUT2D eigenvalue weighted by Gasteiger charge is 2.46. The maximum absolute atomic E-state index is 12.8. The van der Waals surface area contributed by atoms with Crippen LogP contribution >= 0.6 is 0 Å². The molecule has 4 rings (SSSR count). The summed E-state index contributed by atoms with van der Waals surface area (Å²) in [4.78, 5) is 29.4. The number of piperidine rings is 1. The zero-order valence-corrected chi connectivity index (χ0v) is 14.2. The highest BCUT2D eigenvalue weighted by Crippen LogP contribution is 2.48. The maximum Gasteiger partial charge on any atom is 0.227 e. The van der Waals surface area contributed by atoms with Crippen LogP contribution in [0.1, 0.15) is 43.6 Å². The Bertz CT molecular complexity index is 609. The summed E-state index contributed by atoms with van der Waals surface area (Å²) in [6.07, 6.45) is 5.11. The van der Waals surface area contributed by atoms with Gasteiger partial charge in [0.05, 0.1) is 5.92 Å². The molecule has 3 fully saturated rings. The molecule has 4 heteroatoms. The van der Waals surface area contributed by atoms with Crippen LogP contribution in [-0.4, -0.2) is 47.8 Å². The summed E-state index contributed by atoms with van der Waals surface area (Å²) in [6, 6.07) is 10.3. The fraction of sp³-hybridized carbons (Fsp3) is 0.600. The SMILES string of the molecule is O=C([C@@H]1CCCN(C(=O)[C@H]2C[C@@H]2c2ccccc2)C1)N1CCCC1. The molecule has 1 aromatic carbocycles. The number of hydrogen-bond donors (Lipinski definition) is 0. The number of hydrogen-bond acceptors (Lipinski definition) is 2. The molecule has 0 unspecified atom stereocenters. The zero-order chi connectivity index (χ0) is 16.5. The van der Waals surface area contributed by atoms with E-state index in [1.165, 1.54) is 5.56 Å². The number of carbonyl (C=O) groups excluding carboxylic acids is 2. The summed E-state index contributed by atoms with van der Waals surface area (Å²) in [5, 5.41) is 0. The van der Waals surface area contributed by atoms with Gasteiger partial charge in [-0.25, -0.2) is 0 Å². The van der Waals surface area contributed by atoms with Crippen molar-refractivity contribution in [2.75, 3.05) is 26.2 Å². The topological polar surface area (TPSA) is 40.6 Å². The van der Waals surface area contributed by atoms with E-state index in [4.69, 9.17) is 0 Å². The second-order valence-corrected chi connectivity index (χ2v) is 7.52. The molecule has 2 aliphatic heterocycles. The molecular weight excluding hydrogens is 300 g/mol. The smallest absolute Gasteiger partial charge is 0.227 e. The summed E-state index contributed by atoms with van der Waals surface area (Å²) in [5.41, 5.74) is 1.28. The van der Waals surface area contributed by atoms with Crippen LogP contribution in [-0.2, 0) is 9.59 Å². The Balaban J connectivity index is 1.36. The summed E-state index contributed by atoms with van der Waals surface area (Å²) >= 11 is 0. The summed E-state index contributed by atoms with van der Waals surface area (Å²) < 4.78 is 0. The van der Waals surface area contributed by atoms with Crippen molar-refractivity contribution in [1.82, 2.24) is 9.80 Å². The Labute approximate surface area is 143 Å². The van der Waals surface area contributed by atoms with Crippen LogP contribution in [0.3, 0.4) is 0 Å². The quantitative estimate of drug-likeness (QED) is 0.857. The van der Waals surface area contributed by atoms with Gasteiger partial charge in [0.2, 0.25) is 11.8 Å².